The molecule has 1 heterocycles. The molecule has 6 atom stereocenters. The first-order valence-corrected chi connectivity index (χ1v) is 12.1. The minimum atomic E-state index is -0.441. The number of hydrogen-bond acceptors (Lipinski definition) is 3. The van der Waals surface area contributed by atoms with Gasteiger partial charge in [-0.2, -0.15) is 0 Å². The van der Waals surface area contributed by atoms with Gasteiger partial charge < -0.3 is 5.11 Å². The summed E-state index contributed by atoms with van der Waals surface area (Å²) in [5.74, 6) is 1.14. The maximum absolute atomic E-state index is 13.5. The van der Waals surface area contributed by atoms with Crippen molar-refractivity contribution < 1.29 is 14.7 Å². The molecular weight excluding hydrogens is 410 g/mol. The molecule has 0 unspecified atom stereocenters. The van der Waals surface area contributed by atoms with Crippen molar-refractivity contribution in [3.05, 3.63) is 46.5 Å². The lowest BCUT2D eigenvalue weighted by Gasteiger charge is -2.61. The van der Waals surface area contributed by atoms with Crippen molar-refractivity contribution >= 4 is 23.4 Å². The Labute approximate surface area is 189 Å². The molecule has 2 amide bonds. The molecule has 166 valence electrons. The van der Waals surface area contributed by atoms with Gasteiger partial charge in [-0.3, -0.25) is 14.5 Å². The number of halogens is 1. The SMILES string of the molecule is C[C@]12CC[C@H](O)CC1=CC[C@@H]1[C@@H]2CC[C@@]2(C)[C@H]1CCC(=O)N2C(=O)c1ccc(Cl)cc1. The smallest absolute Gasteiger partial charge is 0.260 e. The summed E-state index contributed by atoms with van der Waals surface area (Å²) in [5.41, 5.74) is 1.68. The summed E-state index contributed by atoms with van der Waals surface area (Å²) < 4.78 is 0. The zero-order chi connectivity index (χ0) is 22.0. The van der Waals surface area contributed by atoms with Crippen LogP contribution >= 0.6 is 11.6 Å². The Morgan fingerprint density at radius 1 is 1.10 bits per heavy atom. The fourth-order valence-corrected chi connectivity index (χ4v) is 7.61. The van der Waals surface area contributed by atoms with E-state index in [1.807, 2.05) is 0 Å². The lowest BCUT2D eigenvalue weighted by molar-refractivity contribution is -0.150. The number of aliphatic hydroxyl groups excluding tert-OH is 1. The highest BCUT2D eigenvalue weighted by Crippen LogP contribution is 2.61. The molecule has 1 aromatic carbocycles. The molecular formula is C26H32ClNO3. The van der Waals surface area contributed by atoms with Crippen LogP contribution in [0.15, 0.2) is 35.9 Å². The zero-order valence-electron chi connectivity index (χ0n) is 18.4. The van der Waals surface area contributed by atoms with Crippen LogP contribution < -0.4 is 0 Å². The fourth-order valence-electron chi connectivity index (χ4n) is 7.49. The number of piperidine rings is 1. The van der Waals surface area contributed by atoms with Crippen LogP contribution in [-0.2, 0) is 4.79 Å². The molecule has 0 aromatic heterocycles. The Kier molecular flexibility index (Phi) is 5.10. The number of benzene rings is 1. The molecule has 5 heteroatoms. The Morgan fingerprint density at radius 3 is 2.58 bits per heavy atom. The van der Waals surface area contributed by atoms with E-state index >= 15 is 0 Å². The number of rotatable bonds is 1. The average Bonchev–Trinajstić information content (AvgIpc) is 2.73. The summed E-state index contributed by atoms with van der Waals surface area (Å²) in [4.78, 5) is 28.2. The third-order valence-corrected chi connectivity index (χ3v) is 9.41. The molecule has 4 nitrogen and oxygen atoms in total. The van der Waals surface area contributed by atoms with Crippen LogP contribution in [0.3, 0.4) is 0 Å². The predicted octanol–water partition coefficient (Wildman–Crippen LogP) is 5.38. The third-order valence-electron chi connectivity index (χ3n) is 9.16. The minimum absolute atomic E-state index is 0.0452. The lowest BCUT2D eigenvalue weighted by atomic mass is 9.48. The van der Waals surface area contributed by atoms with E-state index in [-0.39, 0.29) is 23.3 Å². The van der Waals surface area contributed by atoms with Gasteiger partial charge in [0.2, 0.25) is 5.91 Å². The highest BCUT2D eigenvalue weighted by Gasteiger charge is 2.59. The van der Waals surface area contributed by atoms with Gasteiger partial charge in [-0.1, -0.05) is 30.2 Å². The molecule has 1 N–H and O–H groups in total. The van der Waals surface area contributed by atoms with Crippen molar-refractivity contribution in [2.24, 2.45) is 23.2 Å². The number of aliphatic hydroxyl groups is 1. The summed E-state index contributed by atoms with van der Waals surface area (Å²) in [7, 11) is 0. The van der Waals surface area contributed by atoms with Crippen molar-refractivity contribution in [3.63, 3.8) is 0 Å². The van der Waals surface area contributed by atoms with Gasteiger partial charge in [0.15, 0.2) is 0 Å². The summed E-state index contributed by atoms with van der Waals surface area (Å²) in [6.45, 7) is 4.54. The number of allylic oxidation sites excluding steroid dienone is 1. The Hall–Kier alpha value is -1.65. The summed E-state index contributed by atoms with van der Waals surface area (Å²) >= 11 is 6.01. The number of hydrogen-bond donors (Lipinski definition) is 1. The normalized spacial score (nSPS) is 39.8. The first-order valence-electron chi connectivity index (χ1n) is 11.7. The van der Waals surface area contributed by atoms with Crippen LogP contribution in [-0.4, -0.2) is 33.5 Å². The van der Waals surface area contributed by atoms with Crippen LogP contribution in [0.5, 0.6) is 0 Å². The molecule has 3 fully saturated rings. The van der Waals surface area contributed by atoms with Gasteiger partial charge in [0.25, 0.3) is 5.91 Å². The van der Waals surface area contributed by atoms with Gasteiger partial charge >= 0.3 is 0 Å². The van der Waals surface area contributed by atoms with Gasteiger partial charge in [-0.15, -0.1) is 0 Å². The number of imide groups is 1. The Morgan fingerprint density at radius 2 is 1.84 bits per heavy atom. The van der Waals surface area contributed by atoms with E-state index in [9.17, 15) is 14.7 Å². The predicted molar refractivity (Wildman–Crippen MR) is 121 cm³/mol. The minimum Gasteiger partial charge on any atom is -0.393 e. The summed E-state index contributed by atoms with van der Waals surface area (Å²) in [6, 6.07) is 6.87. The lowest BCUT2D eigenvalue weighted by Crippen LogP contribution is -2.65. The second-order valence-corrected chi connectivity index (χ2v) is 11.1. The van der Waals surface area contributed by atoms with Gasteiger partial charge in [-0.25, -0.2) is 0 Å². The molecule has 5 rings (SSSR count). The van der Waals surface area contributed by atoms with Gasteiger partial charge in [0.1, 0.15) is 0 Å². The monoisotopic (exact) mass is 441 g/mol. The standard InChI is InChI=1S/C26H32ClNO3/c1-25-13-11-19(29)15-17(25)5-8-20-21(25)12-14-26(2)22(20)9-10-23(30)28(26)24(31)16-3-6-18(27)7-4-16/h3-7,19-22,29H,8-15H2,1-2H3/t19-,20+,21-,22-,25-,26-/m0/s1. The Bertz CT molecular complexity index is 940. The average molecular weight is 442 g/mol. The maximum Gasteiger partial charge on any atom is 0.260 e. The number of carbonyl (C=O) groups is 2. The topological polar surface area (TPSA) is 57.6 Å². The van der Waals surface area contributed by atoms with Crippen molar-refractivity contribution in [1.82, 2.24) is 4.90 Å². The van der Waals surface area contributed by atoms with Crippen LogP contribution in [0.4, 0.5) is 0 Å². The highest BCUT2D eigenvalue weighted by molar-refractivity contribution is 6.30. The molecule has 1 aromatic rings. The largest absolute Gasteiger partial charge is 0.393 e. The highest BCUT2D eigenvalue weighted by atomic mass is 35.5. The van der Waals surface area contributed by atoms with Crippen molar-refractivity contribution in [2.75, 3.05) is 0 Å². The van der Waals surface area contributed by atoms with Gasteiger partial charge in [0, 0.05) is 17.0 Å². The van der Waals surface area contributed by atoms with Crippen molar-refractivity contribution in [1.29, 1.82) is 0 Å². The molecule has 31 heavy (non-hydrogen) atoms. The molecule has 0 bridgehead atoms. The van der Waals surface area contributed by atoms with E-state index in [0.29, 0.717) is 34.8 Å². The van der Waals surface area contributed by atoms with E-state index in [0.717, 1.165) is 44.9 Å². The molecule has 3 aliphatic carbocycles. The molecule has 0 spiro atoms. The fraction of sp³-hybridized carbons (Fsp3) is 0.615. The quantitative estimate of drug-likeness (QED) is 0.469. The van der Waals surface area contributed by atoms with Gasteiger partial charge in [-0.05, 0) is 99.3 Å². The number of fused-ring (bicyclic) bond motifs is 5. The first-order chi connectivity index (χ1) is 14.7. The van der Waals surface area contributed by atoms with Crippen LogP contribution in [0.25, 0.3) is 0 Å². The zero-order valence-corrected chi connectivity index (χ0v) is 19.2. The number of likely N-dealkylation sites (tertiary alicyclic amines) is 1. The second kappa shape index (κ2) is 7.45. The second-order valence-electron chi connectivity index (χ2n) is 10.6. The van der Waals surface area contributed by atoms with E-state index in [4.69, 9.17) is 11.6 Å². The molecule has 4 aliphatic rings. The summed E-state index contributed by atoms with van der Waals surface area (Å²) in [6.07, 6.45) is 9.09. The Balaban J connectivity index is 1.48. The molecule has 1 aliphatic heterocycles. The maximum atomic E-state index is 13.5. The van der Waals surface area contributed by atoms with Crippen LogP contribution in [0.1, 0.15) is 75.6 Å². The molecule has 0 radical (unpaired) electrons. The summed E-state index contributed by atoms with van der Waals surface area (Å²) in [5, 5.41) is 10.8. The van der Waals surface area contributed by atoms with E-state index in [2.05, 4.69) is 19.9 Å². The van der Waals surface area contributed by atoms with Crippen LogP contribution in [0.2, 0.25) is 5.02 Å². The van der Waals surface area contributed by atoms with Crippen LogP contribution in [0, 0.1) is 23.2 Å². The van der Waals surface area contributed by atoms with E-state index in [1.54, 1.807) is 29.2 Å². The number of nitrogens with zero attached hydrogens (tertiary/aromatic N) is 1. The first kappa shape index (κ1) is 21.2. The molecule has 1 saturated heterocycles. The van der Waals surface area contributed by atoms with Crippen molar-refractivity contribution in [3.8, 4) is 0 Å². The third kappa shape index (κ3) is 3.21. The number of carbonyl (C=O) groups excluding carboxylic acids is 2. The van der Waals surface area contributed by atoms with Gasteiger partial charge in [0.05, 0.1) is 11.6 Å². The molecule has 2 saturated carbocycles. The van der Waals surface area contributed by atoms with E-state index in [1.165, 1.54) is 5.57 Å². The van der Waals surface area contributed by atoms with E-state index < -0.39 is 5.54 Å². The van der Waals surface area contributed by atoms with Crippen molar-refractivity contribution in [2.45, 2.75) is 76.9 Å². The number of amides is 2.